The Morgan fingerprint density at radius 3 is 1.46 bits per heavy atom. The molecule has 2 aromatic rings. The normalized spacial score (nSPS) is 16.8. The van der Waals surface area contributed by atoms with E-state index in [0.29, 0.717) is 0 Å². The minimum absolute atomic E-state index is 0.0636. The van der Waals surface area contributed by atoms with Crippen LogP contribution in [-0.4, -0.2) is 56.5 Å². The molecule has 0 atom stereocenters. The lowest BCUT2D eigenvalue weighted by Crippen LogP contribution is -2.50. The molecular weight excluding hydrogens is 413 g/mol. The van der Waals surface area contributed by atoms with Crippen LogP contribution >= 0.6 is 0 Å². The molecule has 3 rings (SSSR count). The summed E-state index contributed by atoms with van der Waals surface area (Å²) < 4.78 is 65.8. The Kier molecular flexibility index (Phi) is 5.48. The average Bonchev–Trinajstić information content (AvgIpc) is 2.68. The third kappa shape index (κ3) is 3.90. The first-order chi connectivity index (χ1) is 13.1. The summed E-state index contributed by atoms with van der Waals surface area (Å²) in [6.45, 7) is -0.267. The van der Waals surface area contributed by atoms with Crippen molar-refractivity contribution in [2.45, 2.75) is 9.79 Å². The minimum atomic E-state index is -3.90. The SMILES string of the molecule is O=[N+]([O-])c1ccc(S(=O)(=O)N2CCN(S(=O)(=O)c3ccc(F)cc3)CC2)cc1. The molecule has 1 aliphatic heterocycles. The van der Waals surface area contributed by atoms with E-state index < -0.39 is 30.8 Å². The smallest absolute Gasteiger partial charge is 0.258 e. The van der Waals surface area contributed by atoms with Gasteiger partial charge in [-0.25, -0.2) is 21.2 Å². The second-order valence-corrected chi connectivity index (χ2v) is 9.89. The number of non-ortho nitro benzene ring substituents is 1. The number of hydrogen-bond donors (Lipinski definition) is 0. The number of piperazine rings is 1. The maximum Gasteiger partial charge on any atom is 0.269 e. The van der Waals surface area contributed by atoms with Gasteiger partial charge in [0, 0.05) is 38.3 Å². The van der Waals surface area contributed by atoms with Gasteiger partial charge in [-0.15, -0.1) is 0 Å². The molecule has 28 heavy (non-hydrogen) atoms. The Hall–Kier alpha value is -2.41. The van der Waals surface area contributed by atoms with Gasteiger partial charge in [0.05, 0.1) is 14.7 Å². The van der Waals surface area contributed by atoms with Crippen molar-refractivity contribution in [1.29, 1.82) is 0 Å². The molecule has 0 radical (unpaired) electrons. The van der Waals surface area contributed by atoms with E-state index in [2.05, 4.69) is 0 Å². The van der Waals surface area contributed by atoms with Gasteiger partial charge in [-0.2, -0.15) is 8.61 Å². The van der Waals surface area contributed by atoms with Gasteiger partial charge in [-0.3, -0.25) is 10.1 Å². The lowest BCUT2D eigenvalue weighted by molar-refractivity contribution is -0.384. The maximum absolute atomic E-state index is 13.0. The lowest BCUT2D eigenvalue weighted by atomic mass is 10.3. The van der Waals surface area contributed by atoms with Crippen molar-refractivity contribution in [1.82, 2.24) is 8.61 Å². The standard InChI is InChI=1S/C16H16FN3O6S2/c17-13-1-5-15(6-2-13)27(23,24)18-9-11-19(12-10-18)28(25,26)16-7-3-14(4-8-16)20(21)22/h1-8H,9-12H2. The molecule has 0 amide bonds. The zero-order valence-electron chi connectivity index (χ0n) is 14.4. The van der Waals surface area contributed by atoms with E-state index >= 15 is 0 Å². The van der Waals surface area contributed by atoms with Crippen LogP contribution in [-0.2, 0) is 20.0 Å². The molecule has 0 spiro atoms. The highest BCUT2D eigenvalue weighted by Gasteiger charge is 2.33. The lowest BCUT2D eigenvalue weighted by Gasteiger charge is -2.33. The summed E-state index contributed by atoms with van der Waals surface area (Å²) in [5.74, 6) is -0.557. The van der Waals surface area contributed by atoms with Gasteiger partial charge in [0.2, 0.25) is 20.0 Å². The molecule has 1 saturated heterocycles. The molecule has 0 aliphatic carbocycles. The monoisotopic (exact) mass is 429 g/mol. The van der Waals surface area contributed by atoms with Gasteiger partial charge >= 0.3 is 0 Å². The summed E-state index contributed by atoms with van der Waals surface area (Å²) in [4.78, 5) is 9.89. The molecule has 1 fully saturated rings. The van der Waals surface area contributed by atoms with Crippen LogP contribution in [0.1, 0.15) is 0 Å². The summed E-state index contributed by atoms with van der Waals surface area (Å²) in [5.41, 5.74) is -0.228. The number of sulfonamides is 2. The first-order valence-electron chi connectivity index (χ1n) is 8.13. The average molecular weight is 429 g/mol. The van der Waals surface area contributed by atoms with Gasteiger partial charge in [0.1, 0.15) is 5.82 Å². The molecular formula is C16H16FN3O6S2. The second kappa shape index (κ2) is 7.54. The molecule has 1 aliphatic rings. The Labute approximate surface area is 161 Å². The summed E-state index contributed by atoms with van der Waals surface area (Å²) >= 11 is 0. The van der Waals surface area contributed by atoms with Gasteiger partial charge in [0.25, 0.3) is 5.69 Å². The van der Waals surface area contributed by atoms with Gasteiger partial charge in [0.15, 0.2) is 0 Å². The van der Waals surface area contributed by atoms with Crippen molar-refractivity contribution in [3.63, 3.8) is 0 Å². The van der Waals surface area contributed by atoms with Crippen LogP contribution in [0.15, 0.2) is 58.3 Å². The van der Waals surface area contributed by atoms with Crippen molar-refractivity contribution in [3.05, 3.63) is 64.5 Å². The van der Waals surface area contributed by atoms with Crippen LogP contribution in [0.2, 0.25) is 0 Å². The summed E-state index contributed by atoms with van der Waals surface area (Å²) in [7, 11) is -7.76. The number of nitrogens with zero attached hydrogens (tertiary/aromatic N) is 3. The molecule has 0 unspecified atom stereocenters. The Bertz CT molecular complexity index is 1080. The number of benzene rings is 2. The van der Waals surface area contributed by atoms with E-state index in [1.165, 1.54) is 0 Å². The van der Waals surface area contributed by atoms with Crippen LogP contribution < -0.4 is 0 Å². The van der Waals surface area contributed by atoms with Gasteiger partial charge in [-0.1, -0.05) is 0 Å². The van der Waals surface area contributed by atoms with Crippen molar-refractivity contribution in [2.24, 2.45) is 0 Å². The minimum Gasteiger partial charge on any atom is -0.258 e. The van der Waals surface area contributed by atoms with Crippen molar-refractivity contribution < 1.29 is 26.1 Å². The maximum atomic E-state index is 13.0. The van der Waals surface area contributed by atoms with Crippen LogP contribution in [0, 0.1) is 15.9 Å². The highest BCUT2D eigenvalue weighted by atomic mass is 32.2. The predicted octanol–water partition coefficient (Wildman–Crippen LogP) is 1.43. The fraction of sp³-hybridized carbons (Fsp3) is 0.250. The van der Waals surface area contributed by atoms with Crippen molar-refractivity contribution in [3.8, 4) is 0 Å². The fourth-order valence-electron chi connectivity index (χ4n) is 2.79. The molecule has 0 bridgehead atoms. The Balaban J connectivity index is 1.73. The molecule has 1 heterocycles. The molecule has 9 nitrogen and oxygen atoms in total. The molecule has 150 valence electrons. The zero-order chi connectivity index (χ0) is 20.5. The summed E-state index contributed by atoms with van der Waals surface area (Å²) in [6.07, 6.45) is 0. The Morgan fingerprint density at radius 1 is 0.750 bits per heavy atom. The number of halogens is 1. The van der Waals surface area contributed by atoms with Crippen molar-refractivity contribution in [2.75, 3.05) is 26.2 Å². The molecule has 0 N–H and O–H groups in total. The fourth-order valence-corrected chi connectivity index (χ4v) is 5.64. The Morgan fingerprint density at radius 2 is 1.11 bits per heavy atom. The summed E-state index contributed by atoms with van der Waals surface area (Å²) in [6, 6.07) is 8.90. The molecule has 0 aromatic heterocycles. The quantitative estimate of drug-likeness (QED) is 0.524. The first kappa shape index (κ1) is 20.3. The van der Waals surface area contributed by atoms with E-state index in [1.807, 2.05) is 0 Å². The van der Waals surface area contributed by atoms with Crippen LogP contribution in [0.4, 0.5) is 10.1 Å². The van der Waals surface area contributed by atoms with Crippen molar-refractivity contribution >= 4 is 25.7 Å². The van der Waals surface area contributed by atoms with E-state index in [1.54, 1.807) is 0 Å². The van der Waals surface area contributed by atoms with E-state index in [4.69, 9.17) is 0 Å². The molecule has 12 heteroatoms. The highest BCUT2D eigenvalue weighted by Crippen LogP contribution is 2.23. The first-order valence-corrected chi connectivity index (χ1v) is 11.0. The zero-order valence-corrected chi connectivity index (χ0v) is 16.1. The number of nitro groups is 1. The van der Waals surface area contributed by atoms with Crippen LogP contribution in [0.25, 0.3) is 0 Å². The van der Waals surface area contributed by atoms with E-state index in [0.717, 1.165) is 57.1 Å². The third-order valence-electron chi connectivity index (χ3n) is 4.33. The summed E-state index contributed by atoms with van der Waals surface area (Å²) in [5, 5.41) is 10.7. The molecule has 0 saturated carbocycles. The highest BCUT2D eigenvalue weighted by molar-refractivity contribution is 7.89. The molecule has 2 aromatic carbocycles. The van der Waals surface area contributed by atoms with E-state index in [9.17, 15) is 31.3 Å². The number of rotatable bonds is 5. The van der Waals surface area contributed by atoms with Gasteiger partial charge in [-0.05, 0) is 36.4 Å². The predicted molar refractivity (Wildman–Crippen MR) is 97.0 cm³/mol. The van der Waals surface area contributed by atoms with Crippen LogP contribution in [0.3, 0.4) is 0 Å². The number of nitro benzene ring substituents is 1. The topological polar surface area (TPSA) is 118 Å². The third-order valence-corrected chi connectivity index (χ3v) is 8.16. The van der Waals surface area contributed by atoms with Crippen LogP contribution in [0.5, 0.6) is 0 Å². The largest absolute Gasteiger partial charge is 0.269 e. The number of hydrogen-bond acceptors (Lipinski definition) is 6. The van der Waals surface area contributed by atoms with E-state index in [-0.39, 0.29) is 41.7 Å². The van der Waals surface area contributed by atoms with Gasteiger partial charge < -0.3 is 0 Å². The second-order valence-electron chi connectivity index (χ2n) is 6.01.